The normalized spacial score (nSPS) is 11.5. The lowest BCUT2D eigenvalue weighted by Gasteiger charge is -2.14. The Bertz CT molecular complexity index is 897. The third-order valence-electron chi connectivity index (χ3n) is 4.07. The summed E-state index contributed by atoms with van der Waals surface area (Å²) in [7, 11) is 4.79. The van der Waals surface area contributed by atoms with Crippen LogP contribution in [0, 0.1) is 0 Å². The van der Waals surface area contributed by atoms with Crippen molar-refractivity contribution < 1.29 is 14.2 Å². The fourth-order valence-electron chi connectivity index (χ4n) is 2.77. The highest BCUT2D eigenvalue weighted by atomic mass is 32.1. The van der Waals surface area contributed by atoms with Crippen molar-refractivity contribution >= 4 is 22.3 Å². The summed E-state index contributed by atoms with van der Waals surface area (Å²) < 4.78 is 18.2. The van der Waals surface area contributed by atoms with Gasteiger partial charge >= 0.3 is 0 Å². The van der Waals surface area contributed by atoms with Crippen molar-refractivity contribution in [2.75, 3.05) is 27.9 Å². The lowest BCUT2D eigenvalue weighted by Crippen LogP contribution is -2.36. The number of hydrogen-bond donors (Lipinski definition) is 2. The second-order valence-corrected chi connectivity index (χ2v) is 6.78. The maximum absolute atomic E-state index is 5.41. The van der Waals surface area contributed by atoms with Crippen LogP contribution in [0.15, 0.2) is 34.9 Å². The summed E-state index contributed by atoms with van der Waals surface area (Å²) in [5.41, 5.74) is 1.92. The largest absolute Gasteiger partial charge is 0.493 e. The second-order valence-electron chi connectivity index (χ2n) is 5.91. The minimum absolute atomic E-state index is 0.463. The highest BCUT2D eigenvalue weighted by Gasteiger charge is 2.13. The van der Waals surface area contributed by atoms with Gasteiger partial charge in [0, 0.05) is 24.3 Å². The van der Waals surface area contributed by atoms with Crippen molar-refractivity contribution in [3.8, 4) is 17.2 Å². The summed E-state index contributed by atoms with van der Waals surface area (Å²) in [4.78, 5) is 10.2. The molecule has 0 saturated carbocycles. The average molecular weight is 404 g/mol. The van der Waals surface area contributed by atoms with Crippen molar-refractivity contribution in [3.63, 3.8) is 0 Å². The predicted molar refractivity (Wildman–Crippen MR) is 111 cm³/mol. The monoisotopic (exact) mass is 403 g/mol. The smallest absolute Gasteiger partial charge is 0.203 e. The molecule has 3 rings (SSSR count). The number of nitrogens with one attached hydrogen (secondary N) is 2. The third-order valence-corrected chi connectivity index (χ3v) is 4.84. The quantitative estimate of drug-likeness (QED) is 0.445. The number of rotatable bonds is 8. The van der Waals surface area contributed by atoms with E-state index in [1.54, 1.807) is 32.7 Å². The molecule has 150 valence electrons. The summed E-state index contributed by atoms with van der Waals surface area (Å²) in [6, 6.07) is 3.80. The molecular formula is C19H25N5O3S. The lowest BCUT2D eigenvalue weighted by molar-refractivity contribution is 0.324. The molecule has 0 unspecified atom stereocenters. The molecule has 0 spiro atoms. The van der Waals surface area contributed by atoms with Gasteiger partial charge < -0.3 is 24.8 Å². The average Bonchev–Trinajstić information content (AvgIpc) is 3.31. The molecule has 3 aromatic rings. The Labute approximate surface area is 168 Å². The SMILES string of the molecule is CCNC(=NCc1cc(OC)c(OC)c(OC)c1)NCc1cn2ccsc2n1. The van der Waals surface area contributed by atoms with Crippen LogP contribution >= 0.6 is 11.3 Å². The lowest BCUT2D eigenvalue weighted by atomic mass is 10.2. The van der Waals surface area contributed by atoms with Crippen LogP contribution in [-0.2, 0) is 13.1 Å². The molecule has 8 nitrogen and oxygen atoms in total. The van der Waals surface area contributed by atoms with Gasteiger partial charge in [0.05, 0.1) is 40.1 Å². The Hall–Kier alpha value is -2.94. The van der Waals surface area contributed by atoms with Gasteiger partial charge in [-0.2, -0.15) is 0 Å². The Balaban J connectivity index is 1.72. The van der Waals surface area contributed by atoms with Crippen LogP contribution in [0.25, 0.3) is 4.96 Å². The van der Waals surface area contributed by atoms with Gasteiger partial charge in [0.15, 0.2) is 22.4 Å². The fourth-order valence-corrected chi connectivity index (χ4v) is 3.49. The molecule has 0 bridgehead atoms. The molecule has 0 aliphatic heterocycles. The number of aliphatic imine (C=N–C) groups is 1. The molecule has 0 saturated heterocycles. The molecule has 0 aliphatic carbocycles. The maximum atomic E-state index is 5.41. The van der Waals surface area contributed by atoms with Gasteiger partial charge in [-0.05, 0) is 24.6 Å². The van der Waals surface area contributed by atoms with Crippen molar-refractivity contribution in [2.45, 2.75) is 20.0 Å². The van der Waals surface area contributed by atoms with Gasteiger partial charge in [0.2, 0.25) is 5.75 Å². The van der Waals surface area contributed by atoms with E-state index in [0.29, 0.717) is 36.3 Å². The van der Waals surface area contributed by atoms with E-state index in [1.165, 1.54) is 0 Å². The van der Waals surface area contributed by atoms with E-state index in [2.05, 4.69) is 20.6 Å². The molecule has 0 radical (unpaired) electrons. The standard InChI is InChI=1S/C19H25N5O3S/c1-5-20-18(22-11-14-12-24-6-7-28-19(24)23-14)21-10-13-8-15(25-2)17(27-4)16(9-13)26-3/h6-9,12H,5,10-11H2,1-4H3,(H2,20,21,22). The van der Waals surface area contributed by atoms with E-state index in [9.17, 15) is 0 Å². The van der Waals surface area contributed by atoms with Gasteiger partial charge in [-0.3, -0.25) is 4.40 Å². The number of imidazole rings is 1. The molecule has 2 aromatic heterocycles. The fraction of sp³-hybridized carbons (Fsp3) is 0.368. The number of nitrogens with zero attached hydrogens (tertiary/aromatic N) is 3. The minimum Gasteiger partial charge on any atom is -0.493 e. The summed E-state index contributed by atoms with van der Waals surface area (Å²) >= 11 is 1.61. The zero-order chi connectivity index (χ0) is 19.9. The van der Waals surface area contributed by atoms with Crippen LogP contribution in [0.4, 0.5) is 0 Å². The number of thiazole rings is 1. The molecule has 2 heterocycles. The predicted octanol–water partition coefficient (Wildman–Crippen LogP) is 2.68. The second kappa shape index (κ2) is 9.32. The third kappa shape index (κ3) is 4.48. The van der Waals surface area contributed by atoms with E-state index in [4.69, 9.17) is 14.2 Å². The van der Waals surface area contributed by atoms with Crippen LogP contribution in [0.2, 0.25) is 0 Å². The molecule has 28 heavy (non-hydrogen) atoms. The number of benzene rings is 1. The Kier molecular flexibility index (Phi) is 6.59. The first-order valence-electron chi connectivity index (χ1n) is 8.90. The summed E-state index contributed by atoms with van der Waals surface area (Å²) in [6.07, 6.45) is 4.02. The van der Waals surface area contributed by atoms with E-state index in [-0.39, 0.29) is 0 Å². The number of hydrogen-bond acceptors (Lipinski definition) is 6. The van der Waals surface area contributed by atoms with Gasteiger partial charge in [-0.25, -0.2) is 9.98 Å². The molecule has 0 fully saturated rings. The van der Waals surface area contributed by atoms with Crippen molar-refractivity contribution in [3.05, 3.63) is 41.2 Å². The number of guanidine groups is 1. The highest BCUT2D eigenvalue weighted by Crippen LogP contribution is 2.38. The van der Waals surface area contributed by atoms with Crippen molar-refractivity contribution in [1.82, 2.24) is 20.0 Å². The number of ether oxygens (including phenoxy) is 3. The molecule has 0 aliphatic rings. The van der Waals surface area contributed by atoms with Gasteiger partial charge in [0.25, 0.3) is 0 Å². The summed E-state index contributed by atoms with van der Waals surface area (Å²) in [6.45, 7) is 3.85. The topological polar surface area (TPSA) is 81.4 Å². The van der Waals surface area contributed by atoms with E-state index in [0.717, 1.165) is 22.8 Å². The Morgan fingerprint density at radius 1 is 1.14 bits per heavy atom. The molecule has 9 heteroatoms. The zero-order valence-electron chi connectivity index (χ0n) is 16.5. The summed E-state index contributed by atoms with van der Waals surface area (Å²) in [5.74, 6) is 2.52. The first-order chi connectivity index (χ1) is 13.7. The number of fused-ring (bicyclic) bond motifs is 1. The molecular weight excluding hydrogens is 378 g/mol. The maximum Gasteiger partial charge on any atom is 0.203 e. The minimum atomic E-state index is 0.463. The highest BCUT2D eigenvalue weighted by molar-refractivity contribution is 7.15. The first kappa shape index (κ1) is 19.8. The zero-order valence-corrected chi connectivity index (χ0v) is 17.3. The van der Waals surface area contributed by atoms with E-state index < -0.39 is 0 Å². The van der Waals surface area contributed by atoms with Gasteiger partial charge in [-0.1, -0.05) is 0 Å². The number of aromatic nitrogens is 2. The van der Waals surface area contributed by atoms with Gasteiger partial charge in [0.1, 0.15) is 0 Å². The Morgan fingerprint density at radius 2 is 1.89 bits per heavy atom. The number of methoxy groups -OCH3 is 3. The molecule has 0 atom stereocenters. The van der Waals surface area contributed by atoms with Crippen LogP contribution in [-0.4, -0.2) is 43.2 Å². The van der Waals surface area contributed by atoms with Crippen LogP contribution in [0.3, 0.4) is 0 Å². The van der Waals surface area contributed by atoms with Crippen LogP contribution in [0.1, 0.15) is 18.2 Å². The van der Waals surface area contributed by atoms with Crippen LogP contribution < -0.4 is 24.8 Å². The van der Waals surface area contributed by atoms with E-state index >= 15 is 0 Å². The Morgan fingerprint density at radius 3 is 2.50 bits per heavy atom. The molecule has 2 N–H and O–H groups in total. The van der Waals surface area contributed by atoms with Crippen LogP contribution in [0.5, 0.6) is 17.2 Å². The van der Waals surface area contributed by atoms with Gasteiger partial charge in [-0.15, -0.1) is 11.3 Å². The van der Waals surface area contributed by atoms with E-state index in [1.807, 2.05) is 41.2 Å². The van der Waals surface area contributed by atoms with Crippen molar-refractivity contribution in [1.29, 1.82) is 0 Å². The molecule has 1 aromatic carbocycles. The molecule has 0 amide bonds. The summed E-state index contributed by atoms with van der Waals surface area (Å²) in [5, 5.41) is 8.58. The van der Waals surface area contributed by atoms with Crippen molar-refractivity contribution in [2.24, 2.45) is 4.99 Å². The first-order valence-corrected chi connectivity index (χ1v) is 9.78.